The number of rotatable bonds is 3. The Labute approximate surface area is 143 Å². The van der Waals surface area contributed by atoms with Crippen molar-refractivity contribution in [3.63, 3.8) is 0 Å². The highest BCUT2D eigenvalue weighted by Gasteiger charge is 2.15. The summed E-state index contributed by atoms with van der Waals surface area (Å²) in [6, 6.07) is 5.79. The van der Waals surface area contributed by atoms with Gasteiger partial charge in [-0.3, -0.25) is 5.43 Å². The summed E-state index contributed by atoms with van der Waals surface area (Å²) in [5.41, 5.74) is 6.07. The standard InChI is InChI=1S/C17H16N4O2S/c1-9-11(3)24-17-15(9)16(18-7-19-17)21-20-10(2)12-4-5-13-14(6-12)23-8-22-13/h4-7H,8H2,1-3H3,(H,18,19,21)/b20-10+. The first-order chi connectivity index (χ1) is 11.6. The molecular formula is C17H16N4O2S. The molecule has 0 aliphatic carbocycles. The molecule has 0 spiro atoms. The Morgan fingerprint density at radius 3 is 2.92 bits per heavy atom. The molecule has 2 aromatic heterocycles. The summed E-state index contributed by atoms with van der Waals surface area (Å²) >= 11 is 1.67. The van der Waals surface area contributed by atoms with Gasteiger partial charge < -0.3 is 9.47 Å². The maximum atomic E-state index is 5.41. The molecule has 1 aromatic carbocycles. The SMILES string of the molecule is C/C(=N\Nc1ncnc2sc(C)c(C)c12)c1ccc2c(c1)OCO2. The molecule has 0 fully saturated rings. The van der Waals surface area contributed by atoms with Gasteiger partial charge in [0, 0.05) is 10.4 Å². The van der Waals surface area contributed by atoms with E-state index in [9.17, 15) is 0 Å². The summed E-state index contributed by atoms with van der Waals surface area (Å²) in [6.07, 6.45) is 1.56. The van der Waals surface area contributed by atoms with Gasteiger partial charge in [-0.05, 0) is 44.5 Å². The zero-order valence-electron chi connectivity index (χ0n) is 13.6. The van der Waals surface area contributed by atoms with Crippen LogP contribution in [-0.2, 0) is 0 Å². The van der Waals surface area contributed by atoms with E-state index in [0.29, 0.717) is 0 Å². The van der Waals surface area contributed by atoms with Gasteiger partial charge in [0.05, 0.1) is 11.1 Å². The van der Waals surface area contributed by atoms with Crippen molar-refractivity contribution in [2.75, 3.05) is 12.2 Å². The summed E-state index contributed by atoms with van der Waals surface area (Å²) in [5.74, 6) is 2.24. The van der Waals surface area contributed by atoms with Gasteiger partial charge in [0.2, 0.25) is 6.79 Å². The Hall–Kier alpha value is -2.67. The van der Waals surface area contributed by atoms with Crippen molar-refractivity contribution in [2.24, 2.45) is 5.10 Å². The van der Waals surface area contributed by atoms with E-state index in [2.05, 4.69) is 34.3 Å². The smallest absolute Gasteiger partial charge is 0.231 e. The Bertz CT molecular complexity index is 965. The molecule has 24 heavy (non-hydrogen) atoms. The average molecular weight is 340 g/mol. The van der Waals surface area contributed by atoms with Crippen molar-refractivity contribution in [1.29, 1.82) is 0 Å². The molecule has 0 atom stereocenters. The molecule has 1 aliphatic heterocycles. The van der Waals surface area contributed by atoms with E-state index in [4.69, 9.17) is 9.47 Å². The highest BCUT2D eigenvalue weighted by molar-refractivity contribution is 7.18. The van der Waals surface area contributed by atoms with Crippen LogP contribution >= 0.6 is 11.3 Å². The van der Waals surface area contributed by atoms with Gasteiger partial charge in [-0.2, -0.15) is 5.10 Å². The van der Waals surface area contributed by atoms with Crippen LogP contribution in [0.4, 0.5) is 5.82 Å². The molecule has 0 bridgehead atoms. The summed E-state index contributed by atoms with van der Waals surface area (Å²) in [6.45, 7) is 6.38. The molecule has 3 heterocycles. The van der Waals surface area contributed by atoms with E-state index < -0.39 is 0 Å². The molecule has 1 aliphatic rings. The molecule has 7 heteroatoms. The number of benzene rings is 1. The number of aromatic nitrogens is 2. The molecule has 0 radical (unpaired) electrons. The van der Waals surface area contributed by atoms with Crippen LogP contribution in [0.3, 0.4) is 0 Å². The molecule has 0 saturated heterocycles. The van der Waals surface area contributed by atoms with Crippen LogP contribution in [0.5, 0.6) is 11.5 Å². The Kier molecular flexibility index (Phi) is 3.57. The van der Waals surface area contributed by atoms with E-state index in [1.807, 2.05) is 25.1 Å². The quantitative estimate of drug-likeness (QED) is 0.579. The number of aryl methyl sites for hydroxylation is 2. The minimum atomic E-state index is 0.267. The Balaban J connectivity index is 1.65. The maximum absolute atomic E-state index is 5.41. The maximum Gasteiger partial charge on any atom is 0.231 e. The Morgan fingerprint density at radius 2 is 2.04 bits per heavy atom. The first kappa shape index (κ1) is 14.9. The van der Waals surface area contributed by atoms with Gasteiger partial charge in [0.1, 0.15) is 11.2 Å². The van der Waals surface area contributed by atoms with E-state index in [0.717, 1.165) is 38.8 Å². The van der Waals surface area contributed by atoms with Gasteiger partial charge >= 0.3 is 0 Å². The van der Waals surface area contributed by atoms with Crippen LogP contribution in [0.15, 0.2) is 29.6 Å². The van der Waals surface area contributed by atoms with Gasteiger partial charge in [-0.15, -0.1) is 11.3 Å². The van der Waals surface area contributed by atoms with Crippen molar-refractivity contribution in [2.45, 2.75) is 20.8 Å². The second-order valence-electron chi connectivity index (χ2n) is 5.56. The number of ether oxygens (including phenoxy) is 2. The topological polar surface area (TPSA) is 68.6 Å². The predicted octanol–water partition coefficient (Wildman–Crippen LogP) is 3.87. The summed E-state index contributed by atoms with van der Waals surface area (Å²) in [7, 11) is 0. The average Bonchev–Trinajstić information content (AvgIpc) is 3.17. The Morgan fingerprint density at radius 1 is 1.21 bits per heavy atom. The zero-order chi connectivity index (χ0) is 16.7. The third kappa shape index (κ3) is 2.46. The van der Waals surface area contributed by atoms with Crippen LogP contribution in [0, 0.1) is 13.8 Å². The largest absolute Gasteiger partial charge is 0.454 e. The van der Waals surface area contributed by atoms with Crippen molar-refractivity contribution in [3.05, 3.63) is 40.5 Å². The first-order valence-corrected chi connectivity index (χ1v) is 8.36. The predicted molar refractivity (Wildman–Crippen MR) is 95.3 cm³/mol. The summed E-state index contributed by atoms with van der Waals surface area (Å²) in [5, 5.41) is 5.51. The lowest BCUT2D eigenvalue weighted by Crippen LogP contribution is -2.01. The number of hydrazone groups is 1. The number of fused-ring (bicyclic) bond motifs is 2. The van der Waals surface area contributed by atoms with Crippen LogP contribution in [0.25, 0.3) is 10.2 Å². The van der Waals surface area contributed by atoms with Crippen LogP contribution < -0.4 is 14.9 Å². The molecule has 4 rings (SSSR count). The van der Waals surface area contributed by atoms with Gasteiger partial charge in [0.25, 0.3) is 0 Å². The molecule has 1 N–H and O–H groups in total. The van der Waals surface area contributed by atoms with Crippen LogP contribution in [-0.4, -0.2) is 22.5 Å². The van der Waals surface area contributed by atoms with E-state index in [1.54, 1.807) is 17.7 Å². The lowest BCUT2D eigenvalue weighted by atomic mass is 10.1. The summed E-state index contributed by atoms with van der Waals surface area (Å²) in [4.78, 5) is 10.9. The third-order valence-corrected chi connectivity index (χ3v) is 5.20. The molecule has 0 amide bonds. The minimum Gasteiger partial charge on any atom is -0.454 e. The van der Waals surface area contributed by atoms with Gasteiger partial charge in [0.15, 0.2) is 17.3 Å². The number of hydrogen-bond acceptors (Lipinski definition) is 7. The van der Waals surface area contributed by atoms with Gasteiger partial charge in [-0.25, -0.2) is 9.97 Å². The molecule has 0 unspecified atom stereocenters. The van der Waals surface area contributed by atoms with E-state index in [-0.39, 0.29) is 6.79 Å². The fourth-order valence-electron chi connectivity index (χ4n) is 2.59. The normalized spacial score (nSPS) is 13.5. The first-order valence-electron chi connectivity index (χ1n) is 7.54. The fraction of sp³-hybridized carbons (Fsp3) is 0.235. The molecular weight excluding hydrogens is 324 g/mol. The number of hydrogen-bond donors (Lipinski definition) is 1. The molecule has 3 aromatic rings. The number of thiophene rings is 1. The van der Waals surface area contributed by atoms with E-state index in [1.165, 1.54) is 10.4 Å². The van der Waals surface area contributed by atoms with Crippen molar-refractivity contribution in [3.8, 4) is 11.5 Å². The zero-order valence-corrected chi connectivity index (χ0v) is 14.4. The lowest BCUT2D eigenvalue weighted by molar-refractivity contribution is 0.174. The fourth-order valence-corrected chi connectivity index (χ4v) is 3.59. The second-order valence-corrected chi connectivity index (χ2v) is 6.77. The second kappa shape index (κ2) is 5.76. The molecule has 6 nitrogen and oxygen atoms in total. The van der Waals surface area contributed by atoms with Crippen LogP contribution in [0.2, 0.25) is 0 Å². The number of anilines is 1. The number of nitrogens with one attached hydrogen (secondary N) is 1. The minimum absolute atomic E-state index is 0.267. The van der Waals surface area contributed by atoms with E-state index >= 15 is 0 Å². The summed E-state index contributed by atoms with van der Waals surface area (Å²) < 4.78 is 10.7. The monoisotopic (exact) mass is 340 g/mol. The number of nitrogens with zero attached hydrogens (tertiary/aromatic N) is 3. The molecule has 122 valence electrons. The molecule has 0 saturated carbocycles. The highest BCUT2D eigenvalue weighted by atomic mass is 32.1. The van der Waals surface area contributed by atoms with Crippen molar-refractivity contribution >= 4 is 33.1 Å². The third-order valence-electron chi connectivity index (χ3n) is 4.09. The van der Waals surface area contributed by atoms with Crippen molar-refractivity contribution in [1.82, 2.24) is 9.97 Å². The van der Waals surface area contributed by atoms with Crippen LogP contribution in [0.1, 0.15) is 22.9 Å². The van der Waals surface area contributed by atoms with Crippen molar-refractivity contribution < 1.29 is 9.47 Å². The van der Waals surface area contributed by atoms with Gasteiger partial charge in [-0.1, -0.05) is 0 Å². The lowest BCUT2D eigenvalue weighted by Gasteiger charge is -2.05. The highest BCUT2D eigenvalue weighted by Crippen LogP contribution is 2.33.